The lowest BCUT2D eigenvalue weighted by Gasteiger charge is -2.31. The third-order valence-corrected chi connectivity index (χ3v) is 5.36. The van der Waals surface area contributed by atoms with Gasteiger partial charge in [0.15, 0.2) is 5.82 Å². The summed E-state index contributed by atoms with van der Waals surface area (Å²) in [6.45, 7) is 3.08. The Bertz CT molecular complexity index is 904. The number of aromatic hydroxyl groups is 1. The van der Waals surface area contributed by atoms with E-state index in [2.05, 4.69) is 53.2 Å². The van der Waals surface area contributed by atoms with Gasteiger partial charge >= 0.3 is 0 Å². The van der Waals surface area contributed by atoms with Gasteiger partial charge in [0.25, 0.3) is 0 Å². The molecule has 2 heterocycles. The van der Waals surface area contributed by atoms with Crippen LogP contribution in [0.1, 0.15) is 28.8 Å². The van der Waals surface area contributed by atoms with Crippen molar-refractivity contribution in [3.8, 4) is 11.7 Å². The van der Waals surface area contributed by atoms with Gasteiger partial charge in [-0.3, -0.25) is 4.90 Å². The molecule has 0 saturated carbocycles. The van der Waals surface area contributed by atoms with Gasteiger partial charge in [0.1, 0.15) is 0 Å². The quantitative estimate of drug-likeness (QED) is 0.786. The van der Waals surface area contributed by atoms with Crippen LogP contribution in [0.15, 0.2) is 48.7 Å². The molecule has 1 aliphatic rings. The molecule has 26 heavy (non-hydrogen) atoms. The maximum absolute atomic E-state index is 10.7. The molecule has 3 aromatic rings. The fraction of sp³-hybridized carbons (Fsp3) is 0.333. The predicted molar refractivity (Wildman–Crippen MR) is 101 cm³/mol. The zero-order valence-corrected chi connectivity index (χ0v) is 15.3. The van der Waals surface area contributed by atoms with E-state index in [-0.39, 0.29) is 5.88 Å². The summed E-state index contributed by atoms with van der Waals surface area (Å²) in [5.41, 5.74) is 4.63. The number of aromatic nitrogens is 3. The first-order chi connectivity index (χ1) is 12.6. The first-order valence-corrected chi connectivity index (χ1v) is 9.09. The first kappa shape index (κ1) is 16.8. The minimum Gasteiger partial charge on any atom is -0.493 e. The summed E-state index contributed by atoms with van der Waals surface area (Å²) in [7, 11) is 2.17. The highest BCUT2D eigenvalue weighted by molar-refractivity contribution is 5.39. The minimum absolute atomic E-state index is 0.229. The number of hydrogen-bond acceptors (Lipinski definition) is 4. The number of rotatable bonds is 4. The minimum atomic E-state index is 0.229. The Labute approximate surface area is 153 Å². The van der Waals surface area contributed by atoms with Crippen LogP contribution in [-0.2, 0) is 19.4 Å². The van der Waals surface area contributed by atoms with Crippen LogP contribution in [0.2, 0.25) is 0 Å². The second kappa shape index (κ2) is 6.92. The van der Waals surface area contributed by atoms with E-state index >= 15 is 0 Å². The summed E-state index contributed by atoms with van der Waals surface area (Å²) < 4.78 is 1.56. The van der Waals surface area contributed by atoms with Gasteiger partial charge in [-0.15, -0.1) is 0 Å². The molecular formula is C21H24N4O. The molecule has 5 nitrogen and oxygen atoms in total. The van der Waals surface area contributed by atoms with E-state index in [1.165, 1.54) is 11.1 Å². The van der Waals surface area contributed by atoms with Crippen LogP contribution in [0.25, 0.3) is 5.82 Å². The summed E-state index contributed by atoms with van der Waals surface area (Å²) in [6, 6.07) is 14.5. The normalized spacial score (nSPS) is 16.7. The van der Waals surface area contributed by atoms with Crippen LogP contribution in [0.4, 0.5) is 0 Å². The van der Waals surface area contributed by atoms with E-state index in [1.54, 1.807) is 10.9 Å². The van der Waals surface area contributed by atoms with Crippen molar-refractivity contribution in [1.82, 2.24) is 19.7 Å². The summed E-state index contributed by atoms with van der Waals surface area (Å²) in [4.78, 5) is 6.69. The number of benzene rings is 1. The Morgan fingerprint density at radius 3 is 2.77 bits per heavy atom. The molecule has 4 rings (SSSR count). The van der Waals surface area contributed by atoms with Crippen molar-refractivity contribution < 1.29 is 5.11 Å². The molecule has 0 aliphatic heterocycles. The Hall–Kier alpha value is -2.66. The Balaban J connectivity index is 1.54. The van der Waals surface area contributed by atoms with Gasteiger partial charge in [-0.1, -0.05) is 30.3 Å². The fourth-order valence-electron chi connectivity index (χ4n) is 3.74. The Morgan fingerprint density at radius 2 is 2.00 bits per heavy atom. The number of hydrogen-bond donors (Lipinski definition) is 1. The summed E-state index contributed by atoms with van der Waals surface area (Å²) in [5.74, 6) is 0.886. The molecule has 1 N–H and O–H groups in total. The molecule has 134 valence electrons. The van der Waals surface area contributed by atoms with Crippen molar-refractivity contribution in [3.05, 3.63) is 71.0 Å². The SMILES string of the molecule is Cc1ccccc1CN(C)C1CCc2nn(-c3ccccn3)c(O)c2C1. The largest absolute Gasteiger partial charge is 0.493 e. The highest BCUT2D eigenvalue weighted by atomic mass is 16.3. The number of fused-ring (bicyclic) bond motifs is 1. The Morgan fingerprint density at radius 1 is 1.19 bits per heavy atom. The van der Waals surface area contributed by atoms with Gasteiger partial charge in [0.2, 0.25) is 5.88 Å². The Kier molecular flexibility index (Phi) is 4.47. The number of nitrogens with zero attached hydrogens (tertiary/aromatic N) is 4. The van der Waals surface area contributed by atoms with E-state index in [0.717, 1.165) is 37.1 Å². The average molecular weight is 348 g/mol. The summed E-state index contributed by atoms with van der Waals surface area (Å²) in [5, 5.41) is 15.3. The number of pyridine rings is 1. The van der Waals surface area contributed by atoms with Crippen LogP contribution in [-0.4, -0.2) is 37.9 Å². The van der Waals surface area contributed by atoms with E-state index in [0.29, 0.717) is 11.9 Å². The molecule has 0 fully saturated rings. The topological polar surface area (TPSA) is 54.2 Å². The predicted octanol–water partition coefficient (Wildman–Crippen LogP) is 3.27. The second-order valence-electron chi connectivity index (χ2n) is 7.09. The standard InChI is InChI=1S/C21H24N4O/c1-15-7-3-4-8-16(15)14-24(2)17-10-11-19-18(13-17)21(26)25(23-19)20-9-5-6-12-22-20/h3-9,12,17,26H,10-11,13-14H2,1-2H3. The number of aryl methyl sites for hydroxylation is 2. The average Bonchev–Trinajstić information content (AvgIpc) is 3.00. The van der Waals surface area contributed by atoms with Crippen molar-refractivity contribution in [2.24, 2.45) is 0 Å². The van der Waals surface area contributed by atoms with E-state index in [9.17, 15) is 5.11 Å². The molecule has 0 radical (unpaired) electrons. The van der Waals surface area contributed by atoms with E-state index in [4.69, 9.17) is 0 Å². The van der Waals surface area contributed by atoms with Crippen LogP contribution in [0.5, 0.6) is 5.88 Å². The van der Waals surface area contributed by atoms with Crippen molar-refractivity contribution in [3.63, 3.8) is 0 Å². The molecular weight excluding hydrogens is 324 g/mol. The first-order valence-electron chi connectivity index (χ1n) is 9.09. The lowest BCUT2D eigenvalue weighted by molar-refractivity contribution is 0.212. The van der Waals surface area contributed by atoms with Crippen molar-refractivity contribution in [2.45, 2.75) is 38.8 Å². The van der Waals surface area contributed by atoms with Crippen LogP contribution >= 0.6 is 0 Å². The summed E-state index contributed by atoms with van der Waals surface area (Å²) >= 11 is 0. The second-order valence-corrected chi connectivity index (χ2v) is 7.09. The van der Waals surface area contributed by atoms with Crippen molar-refractivity contribution in [2.75, 3.05) is 7.05 Å². The molecule has 1 atom stereocenters. The van der Waals surface area contributed by atoms with Crippen LogP contribution in [0.3, 0.4) is 0 Å². The third kappa shape index (κ3) is 3.10. The third-order valence-electron chi connectivity index (χ3n) is 5.36. The smallest absolute Gasteiger partial charge is 0.219 e. The van der Waals surface area contributed by atoms with Gasteiger partial charge in [0, 0.05) is 24.3 Å². The molecule has 0 bridgehead atoms. The monoisotopic (exact) mass is 348 g/mol. The maximum atomic E-state index is 10.7. The fourth-order valence-corrected chi connectivity index (χ4v) is 3.74. The number of likely N-dealkylation sites (N-methyl/N-ethyl adjacent to an activating group) is 1. The molecule has 2 aromatic heterocycles. The molecule has 0 amide bonds. The van der Waals surface area contributed by atoms with Crippen molar-refractivity contribution in [1.29, 1.82) is 0 Å². The molecule has 1 unspecified atom stereocenters. The summed E-state index contributed by atoms with van der Waals surface area (Å²) in [6.07, 6.45) is 4.46. The van der Waals surface area contributed by atoms with Gasteiger partial charge in [-0.25, -0.2) is 4.98 Å². The van der Waals surface area contributed by atoms with Gasteiger partial charge in [-0.05, 0) is 56.5 Å². The van der Waals surface area contributed by atoms with Gasteiger partial charge < -0.3 is 5.11 Å². The molecule has 0 saturated heterocycles. The highest BCUT2D eigenvalue weighted by Gasteiger charge is 2.29. The zero-order valence-electron chi connectivity index (χ0n) is 15.3. The van der Waals surface area contributed by atoms with Crippen molar-refractivity contribution >= 4 is 0 Å². The van der Waals surface area contributed by atoms with Gasteiger partial charge in [-0.2, -0.15) is 9.78 Å². The van der Waals surface area contributed by atoms with Crippen LogP contribution < -0.4 is 0 Å². The highest BCUT2D eigenvalue weighted by Crippen LogP contribution is 2.32. The van der Waals surface area contributed by atoms with E-state index in [1.807, 2.05) is 18.2 Å². The molecule has 1 aromatic carbocycles. The lowest BCUT2D eigenvalue weighted by Crippen LogP contribution is -2.36. The zero-order chi connectivity index (χ0) is 18.1. The van der Waals surface area contributed by atoms with Gasteiger partial charge in [0.05, 0.1) is 5.69 Å². The van der Waals surface area contributed by atoms with Crippen LogP contribution in [0, 0.1) is 6.92 Å². The molecule has 1 aliphatic carbocycles. The lowest BCUT2D eigenvalue weighted by atomic mass is 9.92. The maximum Gasteiger partial charge on any atom is 0.219 e. The molecule has 5 heteroatoms. The van der Waals surface area contributed by atoms with E-state index < -0.39 is 0 Å². The molecule has 0 spiro atoms.